The van der Waals surface area contributed by atoms with Crippen molar-refractivity contribution in [3.05, 3.63) is 231 Å². The van der Waals surface area contributed by atoms with Gasteiger partial charge in [0.2, 0.25) is 0 Å². The zero-order chi connectivity index (χ0) is 43.6. The first-order valence-electron chi connectivity index (χ1n) is 22.2. The molecule has 0 unspecified atom stereocenters. The summed E-state index contributed by atoms with van der Waals surface area (Å²) in [5.41, 5.74) is 14.6. The number of furan rings is 1. The van der Waals surface area contributed by atoms with E-state index in [9.17, 15) is 0 Å². The summed E-state index contributed by atoms with van der Waals surface area (Å²) in [4.78, 5) is 15.2. The van der Waals surface area contributed by atoms with Crippen molar-refractivity contribution in [3.8, 4) is 73.2 Å². The molecule has 0 fully saturated rings. The Kier molecular flexibility index (Phi) is 8.78. The number of hydrogen-bond donors (Lipinski definition) is 0. The fraction of sp³-hybridized carbons (Fsp3) is 0. The Bertz CT molecular complexity index is 3980. The molecule has 0 spiro atoms. The molecule has 13 aromatic rings. The number of fused-ring (bicyclic) bond motifs is 7. The van der Waals surface area contributed by atoms with Crippen molar-refractivity contribution in [1.82, 2.24) is 19.5 Å². The molecule has 0 N–H and O–H groups in total. The molecule has 308 valence electrons. The topological polar surface area (TPSA) is 56.7 Å². The first kappa shape index (κ1) is 37.6. The molecule has 13 rings (SSSR count). The molecule has 0 saturated heterocycles. The van der Waals surface area contributed by atoms with E-state index in [1.165, 1.54) is 32.6 Å². The number of rotatable bonds is 7. The lowest BCUT2D eigenvalue weighted by atomic mass is 9.96. The standard InChI is InChI=1S/C61H38N4O/c1-3-13-39(14-4-1)41-25-27-43(28-26-41)60-62-59(42-16-5-2-6-17-42)63-61(64-60)48-20-11-19-47(35-48)50-22-12-24-57-58(50)53-38-46(31-34-56(53)66-57)45-30-33-55-52(37-45)51-21-9-10-23-54(51)65(55)49-32-29-40-15-7-8-18-44(40)36-49/h1-38H. The van der Waals surface area contributed by atoms with Gasteiger partial charge in [-0.15, -0.1) is 0 Å². The Morgan fingerprint density at radius 3 is 1.67 bits per heavy atom. The monoisotopic (exact) mass is 842 g/mol. The first-order valence-corrected chi connectivity index (χ1v) is 22.2. The fourth-order valence-corrected chi connectivity index (χ4v) is 9.61. The van der Waals surface area contributed by atoms with Gasteiger partial charge >= 0.3 is 0 Å². The molecule has 0 radical (unpaired) electrons. The van der Waals surface area contributed by atoms with Crippen LogP contribution in [0.15, 0.2) is 235 Å². The number of nitrogens with zero attached hydrogens (tertiary/aromatic N) is 4. The van der Waals surface area contributed by atoms with Crippen LogP contribution in [0.1, 0.15) is 0 Å². The summed E-state index contributed by atoms with van der Waals surface area (Å²) in [6.07, 6.45) is 0. The minimum absolute atomic E-state index is 0.608. The summed E-state index contributed by atoms with van der Waals surface area (Å²) in [7, 11) is 0. The quantitative estimate of drug-likeness (QED) is 0.160. The zero-order valence-electron chi connectivity index (χ0n) is 35.6. The highest BCUT2D eigenvalue weighted by molar-refractivity contribution is 6.14. The molecule has 0 aliphatic carbocycles. The zero-order valence-corrected chi connectivity index (χ0v) is 35.6. The minimum atomic E-state index is 0.608. The van der Waals surface area contributed by atoms with Gasteiger partial charge in [-0.2, -0.15) is 0 Å². The van der Waals surface area contributed by atoms with Crippen molar-refractivity contribution in [2.45, 2.75) is 0 Å². The Labute approximate surface area is 380 Å². The SMILES string of the molecule is c1ccc(-c2ccc(-c3nc(-c4ccccc4)nc(-c4cccc(-c5cccc6oc7ccc(-c8ccc9c(c8)c8ccccc8n9-c8ccc9ccccc9c8)cc7c56)c4)n3)cc2)cc1. The van der Waals surface area contributed by atoms with E-state index in [1.807, 2.05) is 36.4 Å². The summed E-state index contributed by atoms with van der Waals surface area (Å²) >= 11 is 0. The Hall–Kier alpha value is -8.93. The van der Waals surface area contributed by atoms with Gasteiger partial charge in [-0.3, -0.25) is 0 Å². The third-order valence-corrected chi connectivity index (χ3v) is 12.8. The van der Waals surface area contributed by atoms with Gasteiger partial charge < -0.3 is 8.98 Å². The van der Waals surface area contributed by atoms with Gasteiger partial charge in [-0.25, -0.2) is 15.0 Å². The van der Waals surface area contributed by atoms with Crippen LogP contribution in [-0.4, -0.2) is 19.5 Å². The summed E-state index contributed by atoms with van der Waals surface area (Å²) in [5, 5.41) is 7.03. The van der Waals surface area contributed by atoms with Crippen molar-refractivity contribution in [2.24, 2.45) is 0 Å². The third kappa shape index (κ3) is 6.44. The van der Waals surface area contributed by atoms with Crippen LogP contribution in [0.25, 0.3) is 128 Å². The summed E-state index contributed by atoms with van der Waals surface area (Å²) in [5.74, 6) is 1.85. The van der Waals surface area contributed by atoms with Gasteiger partial charge in [-0.05, 0) is 98.8 Å². The number of para-hydroxylation sites is 1. The molecular formula is C61H38N4O. The molecule has 66 heavy (non-hydrogen) atoms. The average Bonchev–Trinajstić information content (AvgIpc) is 3.94. The minimum Gasteiger partial charge on any atom is -0.456 e. The second-order valence-corrected chi connectivity index (χ2v) is 16.8. The molecule has 0 atom stereocenters. The lowest BCUT2D eigenvalue weighted by Gasteiger charge is -2.11. The van der Waals surface area contributed by atoms with Crippen LogP contribution < -0.4 is 0 Å². The number of hydrogen-bond acceptors (Lipinski definition) is 4. The molecule has 0 aliphatic heterocycles. The second kappa shape index (κ2) is 15.4. The van der Waals surface area contributed by atoms with E-state index in [1.54, 1.807) is 0 Å². The maximum absolute atomic E-state index is 6.56. The third-order valence-electron chi connectivity index (χ3n) is 12.8. The van der Waals surface area contributed by atoms with Crippen LogP contribution in [0, 0.1) is 0 Å². The predicted octanol–water partition coefficient (Wildman–Crippen LogP) is 16.0. The number of aromatic nitrogens is 4. The molecule has 3 aromatic heterocycles. The summed E-state index contributed by atoms with van der Waals surface area (Å²) in [6.45, 7) is 0. The van der Waals surface area contributed by atoms with Gasteiger partial charge in [0.1, 0.15) is 11.2 Å². The van der Waals surface area contributed by atoms with E-state index >= 15 is 0 Å². The maximum atomic E-state index is 6.56. The fourth-order valence-electron chi connectivity index (χ4n) is 9.61. The van der Waals surface area contributed by atoms with Crippen LogP contribution >= 0.6 is 0 Å². The van der Waals surface area contributed by atoms with Crippen LogP contribution in [0.5, 0.6) is 0 Å². The lowest BCUT2D eigenvalue weighted by molar-refractivity contribution is 0.669. The molecule has 0 aliphatic rings. The van der Waals surface area contributed by atoms with E-state index in [2.05, 4.69) is 199 Å². The van der Waals surface area contributed by atoms with Crippen LogP contribution in [0.4, 0.5) is 0 Å². The maximum Gasteiger partial charge on any atom is 0.164 e. The van der Waals surface area contributed by atoms with Crippen molar-refractivity contribution < 1.29 is 4.42 Å². The first-order chi connectivity index (χ1) is 32.7. The Morgan fingerprint density at radius 2 is 0.864 bits per heavy atom. The lowest BCUT2D eigenvalue weighted by Crippen LogP contribution is -2.00. The van der Waals surface area contributed by atoms with Crippen molar-refractivity contribution in [2.75, 3.05) is 0 Å². The summed E-state index contributed by atoms with van der Waals surface area (Å²) < 4.78 is 8.95. The Morgan fingerprint density at radius 1 is 0.303 bits per heavy atom. The summed E-state index contributed by atoms with van der Waals surface area (Å²) in [6, 6.07) is 81.2. The van der Waals surface area contributed by atoms with E-state index in [0.717, 1.165) is 77.7 Å². The average molecular weight is 843 g/mol. The van der Waals surface area contributed by atoms with Crippen molar-refractivity contribution in [1.29, 1.82) is 0 Å². The highest BCUT2D eigenvalue weighted by Gasteiger charge is 2.18. The van der Waals surface area contributed by atoms with E-state index in [-0.39, 0.29) is 0 Å². The van der Waals surface area contributed by atoms with E-state index in [4.69, 9.17) is 19.4 Å². The molecular weight excluding hydrogens is 805 g/mol. The predicted molar refractivity (Wildman–Crippen MR) is 272 cm³/mol. The van der Waals surface area contributed by atoms with Crippen LogP contribution in [0.2, 0.25) is 0 Å². The van der Waals surface area contributed by atoms with Crippen LogP contribution in [-0.2, 0) is 0 Å². The van der Waals surface area contributed by atoms with Crippen molar-refractivity contribution >= 4 is 54.5 Å². The van der Waals surface area contributed by atoms with Gasteiger partial charge in [0.25, 0.3) is 0 Å². The highest BCUT2D eigenvalue weighted by Crippen LogP contribution is 2.41. The highest BCUT2D eigenvalue weighted by atomic mass is 16.3. The molecule has 0 bridgehead atoms. The smallest absolute Gasteiger partial charge is 0.164 e. The molecule has 0 amide bonds. The van der Waals surface area contributed by atoms with Gasteiger partial charge in [0.05, 0.1) is 11.0 Å². The molecule has 0 saturated carbocycles. The van der Waals surface area contributed by atoms with Gasteiger partial charge in [0, 0.05) is 43.9 Å². The van der Waals surface area contributed by atoms with Crippen LogP contribution in [0.3, 0.4) is 0 Å². The van der Waals surface area contributed by atoms with Gasteiger partial charge in [-0.1, -0.05) is 176 Å². The molecule has 3 heterocycles. The largest absolute Gasteiger partial charge is 0.456 e. The van der Waals surface area contributed by atoms with Gasteiger partial charge in [0.15, 0.2) is 17.5 Å². The molecule has 5 heteroatoms. The molecule has 5 nitrogen and oxygen atoms in total. The van der Waals surface area contributed by atoms with E-state index in [0.29, 0.717) is 17.5 Å². The number of benzene rings is 10. The second-order valence-electron chi connectivity index (χ2n) is 16.8. The van der Waals surface area contributed by atoms with E-state index < -0.39 is 0 Å². The molecule has 10 aromatic carbocycles. The van der Waals surface area contributed by atoms with Crippen molar-refractivity contribution in [3.63, 3.8) is 0 Å². The Balaban J connectivity index is 0.906. The normalized spacial score (nSPS) is 11.6.